The van der Waals surface area contributed by atoms with Gasteiger partial charge in [-0.2, -0.15) is 0 Å². The zero-order valence-electron chi connectivity index (χ0n) is 11.4. The zero-order chi connectivity index (χ0) is 13.9. The summed E-state index contributed by atoms with van der Waals surface area (Å²) >= 11 is 0. The standard InChI is InChI=1S/C14H17N3O3/c1-10-16-12-8-11(2-3-13(12)20-10)19-9-14(18)17-6-4-15-5-7-17/h2-3,8,15H,4-7,9H2,1H3. The van der Waals surface area contributed by atoms with E-state index in [1.54, 1.807) is 25.1 Å². The Morgan fingerprint density at radius 2 is 2.25 bits per heavy atom. The third kappa shape index (κ3) is 2.75. The summed E-state index contributed by atoms with van der Waals surface area (Å²) in [5, 5.41) is 3.21. The minimum Gasteiger partial charge on any atom is -0.484 e. The van der Waals surface area contributed by atoms with Crippen LogP contribution in [0, 0.1) is 6.92 Å². The second kappa shape index (κ2) is 5.50. The fraction of sp³-hybridized carbons (Fsp3) is 0.429. The third-order valence-electron chi connectivity index (χ3n) is 3.30. The number of nitrogens with zero attached hydrogens (tertiary/aromatic N) is 2. The van der Waals surface area contributed by atoms with E-state index >= 15 is 0 Å². The van der Waals surface area contributed by atoms with Gasteiger partial charge >= 0.3 is 0 Å². The highest BCUT2D eigenvalue weighted by molar-refractivity contribution is 5.78. The van der Waals surface area contributed by atoms with E-state index in [4.69, 9.17) is 9.15 Å². The molecule has 1 N–H and O–H groups in total. The van der Waals surface area contributed by atoms with Crippen molar-refractivity contribution >= 4 is 17.0 Å². The fourth-order valence-electron chi connectivity index (χ4n) is 2.26. The van der Waals surface area contributed by atoms with Crippen LogP contribution in [0.25, 0.3) is 11.1 Å². The highest BCUT2D eigenvalue weighted by Gasteiger charge is 2.16. The van der Waals surface area contributed by atoms with Gasteiger partial charge < -0.3 is 19.4 Å². The minimum absolute atomic E-state index is 0.0166. The molecule has 0 bridgehead atoms. The number of benzene rings is 1. The summed E-state index contributed by atoms with van der Waals surface area (Å²) < 4.78 is 10.9. The molecule has 0 spiro atoms. The van der Waals surface area contributed by atoms with Gasteiger partial charge in [-0.05, 0) is 12.1 Å². The van der Waals surface area contributed by atoms with Gasteiger partial charge in [0.15, 0.2) is 18.1 Å². The Hall–Kier alpha value is -2.08. The molecular weight excluding hydrogens is 258 g/mol. The number of aromatic nitrogens is 1. The van der Waals surface area contributed by atoms with Gasteiger partial charge in [0, 0.05) is 39.2 Å². The monoisotopic (exact) mass is 275 g/mol. The van der Waals surface area contributed by atoms with Crippen molar-refractivity contribution in [2.75, 3.05) is 32.8 Å². The molecule has 6 heteroatoms. The molecule has 106 valence electrons. The molecule has 1 aromatic carbocycles. The molecule has 1 amide bonds. The zero-order valence-corrected chi connectivity index (χ0v) is 11.4. The maximum atomic E-state index is 12.0. The van der Waals surface area contributed by atoms with Gasteiger partial charge in [0.25, 0.3) is 5.91 Å². The van der Waals surface area contributed by atoms with Crippen molar-refractivity contribution in [3.05, 3.63) is 24.1 Å². The van der Waals surface area contributed by atoms with E-state index in [0.29, 0.717) is 11.6 Å². The number of carbonyl (C=O) groups excluding carboxylic acids is 1. The first kappa shape index (κ1) is 12.9. The van der Waals surface area contributed by atoms with Crippen molar-refractivity contribution in [2.24, 2.45) is 0 Å². The Bertz CT molecular complexity index is 617. The van der Waals surface area contributed by atoms with Gasteiger partial charge in [-0.1, -0.05) is 0 Å². The molecule has 20 heavy (non-hydrogen) atoms. The lowest BCUT2D eigenvalue weighted by Crippen LogP contribution is -2.47. The third-order valence-corrected chi connectivity index (χ3v) is 3.30. The van der Waals surface area contributed by atoms with Crippen LogP contribution in [0.3, 0.4) is 0 Å². The number of rotatable bonds is 3. The second-order valence-electron chi connectivity index (χ2n) is 4.78. The van der Waals surface area contributed by atoms with Gasteiger partial charge in [-0.25, -0.2) is 4.98 Å². The molecule has 1 fully saturated rings. The van der Waals surface area contributed by atoms with Crippen LogP contribution in [0.2, 0.25) is 0 Å². The van der Waals surface area contributed by atoms with Crippen molar-refractivity contribution < 1.29 is 13.9 Å². The number of oxazole rings is 1. The number of aryl methyl sites for hydroxylation is 1. The first-order valence-corrected chi connectivity index (χ1v) is 6.71. The number of carbonyl (C=O) groups is 1. The van der Waals surface area contributed by atoms with E-state index in [-0.39, 0.29) is 12.5 Å². The van der Waals surface area contributed by atoms with Crippen LogP contribution in [0.5, 0.6) is 5.75 Å². The number of hydrogen-bond donors (Lipinski definition) is 1. The Morgan fingerprint density at radius 1 is 1.45 bits per heavy atom. The van der Waals surface area contributed by atoms with Crippen LogP contribution in [-0.2, 0) is 4.79 Å². The van der Waals surface area contributed by atoms with E-state index in [1.807, 2.05) is 4.90 Å². The highest BCUT2D eigenvalue weighted by Crippen LogP contribution is 2.21. The first-order valence-electron chi connectivity index (χ1n) is 6.71. The van der Waals surface area contributed by atoms with E-state index < -0.39 is 0 Å². The summed E-state index contributed by atoms with van der Waals surface area (Å²) in [7, 11) is 0. The van der Waals surface area contributed by atoms with Crippen molar-refractivity contribution in [3.8, 4) is 5.75 Å². The van der Waals surface area contributed by atoms with Gasteiger partial charge in [0.2, 0.25) is 0 Å². The van der Waals surface area contributed by atoms with Crippen LogP contribution in [0.15, 0.2) is 22.6 Å². The lowest BCUT2D eigenvalue weighted by molar-refractivity contribution is -0.133. The van der Waals surface area contributed by atoms with E-state index in [9.17, 15) is 4.79 Å². The van der Waals surface area contributed by atoms with Crippen LogP contribution in [0.1, 0.15) is 5.89 Å². The molecule has 6 nitrogen and oxygen atoms in total. The smallest absolute Gasteiger partial charge is 0.260 e. The molecule has 2 aromatic rings. The predicted octanol–water partition coefficient (Wildman–Crippen LogP) is 0.947. The van der Waals surface area contributed by atoms with Crippen molar-refractivity contribution in [1.29, 1.82) is 0 Å². The topological polar surface area (TPSA) is 67.6 Å². The molecule has 0 aliphatic carbocycles. The maximum absolute atomic E-state index is 12.0. The number of hydrogen-bond acceptors (Lipinski definition) is 5. The number of nitrogens with one attached hydrogen (secondary N) is 1. The SMILES string of the molecule is Cc1nc2cc(OCC(=O)N3CCNCC3)ccc2o1. The molecule has 1 aliphatic heterocycles. The highest BCUT2D eigenvalue weighted by atomic mass is 16.5. The number of fused-ring (bicyclic) bond motifs is 1. The second-order valence-corrected chi connectivity index (χ2v) is 4.78. The summed E-state index contributed by atoms with van der Waals surface area (Å²) in [6.45, 7) is 5.02. The van der Waals surface area contributed by atoms with Crippen LogP contribution >= 0.6 is 0 Å². The average molecular weight is 275 g/mol. The Balaban J connectivity index is 1.62. The lowest BCUT2D eigenvalue weighted by atomic mass is 10.3. The summed E-state index contributed by atoms with van der Waals surface area (Å²) in [5.41, 5.74) is 1.47. The predicted molar refractivity (Wildman–Crippen MR) is 73.7 cm³/mol. The van der Waals surface area contributed by atoms with E-state index in [1.165, 1.54) is 0 Å². The molecule has 0 unspecified atom stereocenters. The summed E-state index contributed by atoms with van der Waals surface area (Å²) in [6, 6.07) is 5.38. The lowest BCUT2D eigenvalue weighted by Gasteiger charge is -2.27. The van der Waals surface area contributed by atoms with Crippen LogP contribution in [-0.4, -0.2) is 48.6 Å². The number of ether oxygens (including phenoxy) is 1. The molecule has 0 atom stereocenters. The Morgan fingerprint density at radius 3 is 3.05 bits per heavy atom. The molecule has 0 radical (unpaired) electrons. The molecular formula is C14H17N3O3. The van der Waals surface area contributed by atoms with E-state index in [0.717, 1.165) is 37.3 Å². The van der Waals surface area contributed by atoms with Crippen molar-refractivity contribution in [2.45, 2.75) is 6.92 Å². The molecule has 1 aromatic heterocycles. The van der Waals surface area contributed by atoms with Gasteiger partial charge in [-0.3, -0.25) is 4.79 Å². The fourth-order valence-corrected chi connectivity index (χ4v) is 2.26. The van der Waals surface area contributed by atoms with Crippen LogP contribution in [0.4, 0.5) is 0 Å². The van der Waals surface area contributed by atoms with Crippen molar-refractivity contribution in [3.63, 3.8) is 0 Å². The normalized spacial score (nSPS) is 15.6. The number of amides is 1. The molecule has 2 heterocycles. The summed E-state index contributed by atoms with van der Waals surface area (Å²) in [4.78, 5) is 18.0. The van der Waals surface area contributed by atoms with Gasteiger partial charge in [0.05, 0.1) is 0 Å². The van der Waals surface area contributed by atoms with Gasteiger partial charge in [0.1, 0.15) is 11.3 Å². The first-order chi connectivity index (χ1) is 9.72. The van der Waals surface area contributed by atoms with Gasteiger partial charge in [-0.15, -0.1) is 0 Å². The maximum Gasteiger partial charge on any atom is 0.260 e. The minimum atomic E-state index is 0.0166. The average Bonchev–Trinajstić information content (AvgIpc) is 2.85. The quantitative estimate of drug-likeness (QED) is 0.903. The summed E-state index contributed by atoms with van der Waals surface area (Å²) in [6.07, 6.45) is 0. The molecule has 1 saturated heterocycles. The van der Waals surface area contributed by atoms with E-state index in [2.05, 4.69) is 10.3 Å². The number of piperazine rings is 1. The Labute approximate surface area is 116 Å². The van der Waals surface area contributed by atoms with Crippen LogP contribution < -0.4 is 10.1 Å². The largest absolute Gasteiger partial charge is 0.484 e. The molecule has 0 saturated carbocycles. The Kier molecular flexibility index (Phi) is 3.56. The summed E-state index contributed by atoms with van der Waals surface area (Å²) in [5.74, 6) is 1.27. The molecule has 3 rings (SSSR count). The molecule has 1 aliphatic rings. The van der Waals surface area contributed by atoms with Crippen molar-refractivity contribution in [1.82, 2.24) is 15.2 Å².